The summed E-state index contributed by atoms with van der Waals surface area (Å²) in [5.74, 6) is -0.368. The highest BCUT2D eigenvalue weighted by Gasteiger charge is 2.51. The molecule has 0 spiro atoms. The number of ether oxygens (including phenoxy) is 1. The average Bonchev–Trinajstić information content (AvgIpc) is 2.73. The Morgan fingerprint density at radius 2 is 1.78 bits per heavy atom. The average molecular weight is 313 g/mol. The third kappa shape index (κ3) is 2.73. The van der Waals surface area contributed by atoms with Gasteiger partial charge in [0.15, 0.2) is 0 Å². The summed E-state index contributed by atoms with van der Waals surface area (Å²) in [7, 11) is 0.893. The zero-order valence-electron chi connectivity index (χ0n) is 14.0. The molecule has 0 saturated carbocycles. The van der Waals surface area contributed by atoms with E-state index in [0.29, 0.717) is 5.56 Å². The van der Waals surface area contributed by atoms with Gasteiger partial charge in [0.2, 0.25) is 0 Å². The van der Waals surface area contributed by atoms with Crippen LogP contribution in [0.2, 0.25) is 0 Å². The van der Waals surface area contributed by atoms with Gasteiger partial charge in [-0.05, 0) is 45.9 Å². The zero-order valence-corrected chi connectivity index (χ0v) is 14.0. The van der Waals surface area contributed by atoms with Gasteiger partial charge >= 0.3 is 13.1 Å². The summed E-state index contributed by atoms with van der Waals surface area (Å²) in [6, 6.07) is 7.21. The second kappa shape index (κ2) is 5.32. The lowest BCUT2D eigenvalue weighted by atomic mass is 9.80. The number of hydrogen-bond donors (Lipinski definition) is 0. The van der Waals surface area contributed by atoms with Crippen LogP contribution >= 0.6 is 0 Å². The Balaban J connectivity index is 1.98. The smallest absolute Gasteiger partial charge is 0.465 e. The molecule has 0 amide bonds. The number of benzene rings is 1. The SMILES string of the molecule is COC(=O)c1ccc2ncc(B3OC(C)(C)C(C)(C)O3)cc2c1. The van der Waals surface area contributed by atoms with Crippen LogP contribution in [0.5, 0.6) is 0 Å². The van der Waals surface area contributed by atoms with E-state index in [1.807, 2.05) is 33.8 Å². The van der Waals surface area contributed by atoms with Crippen molar-refractivity contribution in [1.82, 2.24) is 4.98 Å². The number of nitrogens with zero attached hydrogens (tertiary/aromatic N) is 1. The van der Waals surface area contributed by atoms with Crippen molar-refractivity contribution >= 4 is 29.5 Å². The Bertz CT molecular complexity index is 756. The molecule has 2 aromatic rings. The normalized spacial score (nSPS) is 19.1. The number of pyridine rings is 1. The number of fused-ring (bicyclic) bond motifs is 1. The fourth-order valence-electron chi connectivity index (χ4n) is 2.50. The quantitative estimate of drug-likeness (QED) is 0.629. The van der Waals surface area contributed by atoms with Gasteiger partial charge in [-0.3, -0.25) is 4.98 Å². The first-order valence-electron chi connectivity index (χ1n) is 7.57. The predicted octanol–water partition coefficient (Wildman–Crippen LogP) is 2.32. The van der Waals surface area contributed by atoms with Crippen LogP contribution in [-0.4, -0.2) is 36.4 Å². The fraction of sp³-hybridized carbons (Fsp3) is 0.412. The number of carbonyl (C=O) groups is 1. The Morgan fingerprint density at radius 3 is 2.39 bits per heavy atom. The van der Waals surface area contributed by atoms with E-state index in [1.165, 1.54) is 7.11 Å². The van der Waals surface area contributed by atoms with Gasteiger partial charge in [-0.2, -0.15) is 0 Å². The summed E-state index contributed by atoms with van der Waals surface area (Å²) >= 11 is 0. The molecule has 0 unspecified atom stereocenters. The molecule has 1 fully saturated rings. The molecule has 0 radical (unpaired) electrons. The summed E-state index contributed by atoms with van der Waals surface area (Å²) in [6.07, 6.45) is 1.75. The molecular weight excluding hydrogens is 293 g/mol. The van der Waals surface area contributed by atoms with E-state index in [9.17, 15) is 4.79 Å². The summed E-state index contributed by atoms with van der Waals surface area (Å²) < 4.78 is 16.8. The lowest BCUT2D eigenvalue weighted by molar-refractivity contribution is 0.00578. The molecule has 1 aliphatic rings. The van der Waals surface area contributed by atoms with Crippen LogP contribution in [0.15, 0.2) is 30.5 Å². The Morgan fingerprint density at radius 1 is 1.13 bits per heavy atom. The minimum atomic E-state index is -0.473. The van der Waals surface area contributed by atoms with Crippen molar-refractivity contribution in [2.75, 3.05) is 7.11 Å². The molecule has 0 atom stereocenters. The van der Waals surface area contributed by atoms with Crippen molar-refractivity contribution in [2.24, 2.45) is 0 Å². The largest absolute Gasteiger partial charge is 0.496 e. The first-order valence-corrected chi connectivity index (χ1v) is 7.57. The summed E-state index contributed by atoms with van der Waals surface area (Å²) in [5, 5.41) is 0.847. The lowest BCUT2D eigenvalue weighted by Crippen LogP contribution is -2.41. The molecule has 120 valence electrons. The van der Waals surface area contributed by atoms with Gasteiger partial charge in [-0.25, -0.2) is 4.79 Å². The van der Waals surface area contributed by atoms with Crippen LogP contribution in [0.4, 0.5) is 0 Å². The molecule has 1 aromatic carbocycles. The van der Waals surface area contributed by atoms with Crippen molar-refractivity contribution < 1.29 is 18.8 Å². The van der Waals surface area contributed by atoms with Crippen molar-refractivity contribution in [3.63, 3.8) is 0 Å². The van der Waals surface area contributed by atoms with Crippen LogP contribution in [0.1, 0.15) is 38.1 Å². The predicted molar refractivity (Wildman–Crippen MR) is 88.8 cm³/mol. The summed E-state index contributed by atoms with van der Waals surface area (Å²) in [5.41, 5.74) is 1.32. The molecule has 1 saturated heterocycles. The molecular formula is C17H20BNO4. The molecule has 1 aromatic heterocycles. The van der Waals surface area contributed by atoms with Gasteiger partial charge in [-0.15, -0.1) is 0 Å². The number of methoxy groups -OCH3 is 1. The lowest BCUT2D eigenvalue weighted by Gasteiger charge is -2.32. The molecule has 1 aliphatic heterocycles. The van der Waals surface area contributed by atoms with Gasteiger partial charge < -0.3 is 14.0 Å². The van der Waals surface area contributed by atoms with E-state index in [4.69, 9.17) is 14.0 Å². The number of hydrogen-bond acceptors (Lipinski definition) is 5. The van der Waals surface area contributed by atoms with Crippen LogP contribution in [0, 0.1) is 0 Å². The van der Waals surface area contributed by atoms with E-state index >= 15 is 0 Å². The highest BCUT2D eigenvalue weighted by atomic mass is 16.7. The van der Waals surface area contributed by atoms with Gasteiger partial charge in [0.1, 0.15) is 0 Å². The topological polar surface area (TPSA) is 57.7 Å². The molecule has 0 bridgehead atoms. The van der Waals surface area contributed by atoms with E-state index in [0.717, 1.165) is 16.4 Å². The second-order valence-corrected chi connectivity index (χ2v) is 6.76. The molecule has 0 N–H and O–H groups in total. The van der Waals surface area contributed by atoms with Crippen LogP contribution < -0.4 is 5.46 Å². The highest BCUT2D eigenvalue weighted by Crippen LogP contribution is 2.36. The third-order valence-corrected chi connectivity index (χ3v) is 4.65. The second-order valence-electron chi connectivity index (χ2n) is 6.76. The standard InChI is InChI=1S/C17H20BNO4/c1-16(2)17(3,4)23-18(22-16)13-9-12-8-11(15(20)21-5)6-7-14(12)19-10-13/h6-10H,1-5H3. The van der Waals surface area contributed by atoms with Crippen LogP contribution in [0.25, 0.3) is 10.9 Å². The zero-order chi connectivity index (χ0) is 16.8. The van der Waals surface area contributed by atoms with E-state index in [-0.39, 0.29) is 5.97 Å². The number of esters is 1. The minimum Gasteiger partial charge on any atom is -0.465 e. The summed E-state index contributed by atoms with van der Waals surface area (Å²) in [4.78, 5) is 16.1. The van der Waals surface area contributed by atoms with Crippen molar-refractivity contribution in [3.05, 3.63) is 36.0 Å². The van der Waals surface area contributed by atoms with Crippen molar-refractivity contribution in [1.29, 1.82) is 0 Å². The number of carbonyl (C=O) groups excluding carboxylic acids is 1. The Hall–Kier alpha value is -1.92. The first-order chi connectivity index (χ1) is 10.7. The Kier molecular flexibility index (Phi) is 3.69. The maximum atomic E-state index is 11.7. The minimum absolute atomic E-state index is 0.368. The van der Waals surface area contributed by atoms with Gasteiger partial charge in [-0.1, -0.05) is 6.07 Å². The number of rotatable bonds is 2. The summed E-state index contributed by atoms with van der Waals surface area (Å²) in [6.45, 7) is 8.04. The van der Waals surface area contributed by atoms with Crippen LogP contribution in [-0.2, 0) is 14.0 Å². The molecule has 3 rings (SSSR count). The van der Waals surface area contributed by atoms with E-state index in [2.05, 4.69) is 4.98 Å². The molecule has 6 heteroatoms. The maximum absolute atomic E-state index is 11.7. The van der Waals surface area contributed by atoms with Gasteiger partial charge in [0.25, 0.3) is 0 Å². The molecule has 0 aliphatic carbocycles. The monoisotopic (exact) mass is 313 g/mol. The molecule has 2 heterocycles. The van der Waals surface area contributed by atoms with Gasteiger partial charge in [0, 0.05) is 17.0 Å². The highest BCUT2D eigenvalue weighted by molar-refractivity contribution is 6.62. The van der Waals surface area contributed by atoms with E-state index in [1.54, 1.807) is 24.4 Å². The van der Waals surface area contributed by atoms with Crippen molar-refractivity contribution in [3.8, 4) is 0 Å². The van der Waals surface area contributed by atoms with E-state index < -0.39 is 18.3 Å². The maximum Gasteiger partial charge on any atom is 0.496 e. The van der Waals surface area contributed by atoms with Crippen molar-refractivity contribution in [2.45, 2.75) is 38.9 Å². The number of aromatic nitrogens is 1. The Labute approximate surface area is 136 Å². The fourth-order valence-corrected chi connectivity index (χ4v) is 2.50. The third-order valence-electron chi connectivity index (χ3n) is 4.65. The van der Waals surface area contributed by atoms with Gasteiger partial charge in [0.05, 0.1) is 29.4 Å². The molecule has 23 heavy (non-hydrogen) atoms. The van der Waals surface area contributed by atoms with Crippen LogP contribution in [0.3, 0.4) is 0 Å². The first kappa shape index (κ1) is 16.0. The molecule has 5 nitrogen and oxygen atoms in total.